The molecule has 1 radical (unpaired) electrons. The van der Waals surface area contributed by atoms with E-state index in [0.29, 0.717) is 5.65 Å². The van der Waals surface area contributed by atoms with Crippen molar-refractivity contribution in [1.82, 2.24) is 19.5 Å². The number of furan rings is 1. The maximum atomic E-state index is 8.44. The second-order valence-corrected chi connectivity index (χ2v) is 12.8. The van der Waals surface area contributed by atoms with E-state index in [0.717, 1.165) is 67.0 Å². The van der Waals surface area contributed by atoms with E-state index in [4.69, 9.17) is 15.8 Å². The summed E-state index contributed by atoms with van der Waals surface area (Å²) in [5.41, 5.74) is 8.75. The summed E-state index contributed by atoms with van der Waals surface area (Å²) in [6, 6.07) is 44.6. The van der Waals surface area contributed by atoms with Crippen molar-refractivity contribution < 1.29 is 25.9 Å². The summed E-state index contributed by atoms with van der Waals surface area (Å²) in [5, 5.41) is 2.02. The van der Waals surface area contributed by atoms with E-state index >= 15 is 0 Å². The Labute approximate surface area is 296 Å². The Kier molecular flexibility index (Phi) is 9.03. The van der Waals surface area contributed by atoms with Crippen LogP contribution in [0.25, 0.3) is 61.4 Å². The van der Waals surface area contributed by atoms with E-state index in [1.54, 1.807) is 6.20 Å². The third-order valence-corrected chi connectivity index (χ3v) is 8.19. The number of hydrogen-bond donors (Lipinski definition) is 0. The zero-order valence-corrected chi connectivity index (χ0v) is 30.0. The van der Waals surface area contributed by atoms with Crippen molar-refractivity contribution in [3.63, 3.8) is 0 Å². The molecule has 0 spiro atoms. The van der Waals surface area contributed by atoms with Gasteiger partial charge in [-0.25, -0.2) is 4.98 Å². The van der Waals surface area contributed by atoms with E-state index in [9.17, 15) is 0 Å². The fraction of sp³-hybridized carbons (Fsp3) is 0.167. The van der Waals surface area contributed by atoms with E-state index < -0.39 is 5.89 Å². The van der Waals surface area contributed by atoms with Crippen LogP contribution < -0.4 is 0 Å². The minimum absolute atomic E-state index is 0. The fourth-order valence-corrected chi connectivity index (χ4v) is 5.68. The van der Waals surface area contributed by atoms with Crippen LogP contribution in [0.1, 0.15) is 53.1 Å². The van der Waals surface area contributed by atoms with Crippen molar-refractivity contribution in [2.24, 2.45) is 0 Å². The summed E-state index contributed by atoms with van der Waals surface area (Å²) in [6.45, 7) is 10.2. The van der Waals surface area contributed by atoms with E-state index in [2.05, 4.69) is 66.7 Å². The number of aromatic nitrogens is 4. The molecular formula is C42H36IrN4O-2. The van der Waals surface area contributed by atoms with E-state index in [1.165, 1.54) is 0 Å². The van der Waals surface area contributed by atoms with Gasteiger partial charge in [0.15, 0.2) is 5.65 Å². The Balaban J connectivity index is 0.000000270. The van der Waals surface area contributed by atoms with Crippen LogP contribution in [0.5, 0.6) is 0 Å². The molecule has 8 rings (SSSR count). The molecule has 0 amide bonds. The molecule has 0 saturated heterocycles. The molecule has 0 aliphatic heterocycles. The Morgan fingerprint density at radius 3 is 2.29 bits per heavy atom. The van der Waals surface area contributed by atoms with Gasteiger partial charge in [0, 0.05) is 49.9 Å². The molecule has 0 N–H and O–H groups in total. The number of hydrogen-bond acceptors (Lipinski definition) is 4. The van der Waals surface area contributed by atoms with Crippen LogP contribution in [0.3, 0.4) is 0 Å². The summed E-state index contributed by atoms with van der Waals surface area (Å²) in [4.78, 5) is 14.2. The number of benzene rings is 4. The number of nitrogens with zero attached hydrogens (tertiary/aromatic N) is 4. The van der Waals surface area contributed by atoms with Crippen LogP contribution in [0.2, 0.25) is 0 Å². The first-order valence-corrected chi connectivity index (χ1v) is 15.8. The molecule has 6 heteroatoms. The average molecular weight is 806 g/mol. The van der Waals surface area contributed by atoms with Gasteiger partial charge in [-0.2, -0.15) is 0 Å². The molecule has 0 bridgehead atoms. The molecule has 0 fully saturated rings. The van der Waals surface area contributed by atoms with Crippen molar-refractivity contribution in [3.8, 4) is 28.3 Å². The van der Waals surface area contributed by atoms with Crippen molar-refractivity contribution in [2.45, 2.75) is 45.9 Å². The molecule has 48 heavy (non-hydrogen) atoms. The van der Waals surface area contributed by atoms with E-state index in [1.807, 2.05) is 105 Å². The monoisotopic (exact) mass is 806 g/mol. The number of imidazole rings is 1. The zero-order valence-electron chi connectivity index (χ0n) is 28.6. The summed E-state index contributed by atoms with van der Waals surface area (Å²) >= 11 is 0. The first-order chi connectivity index (χ1) is 23.1. The first kappa shape index (κ1) is 31.7. The number of pyridine rings is 2. The SMILES string of the molecule is [2H]C(C)(C)c1ccc2c(c1)oc1c(-c3nc4nc(C(C)(C)C)ccc4n3-c3ccccc3)[c-]ccc12.[Ir].[c-]1ccccc1-c1ccccn1. The van der Waals surface area contributed by atoms with Crippen LogP contribution in [0.15, 0.2) is 126 Å². The molecule has 241 valence electrons. The molecule has 4 aromatic carbocycles. The molecule has 0 aliphatic carbocycles. The van der Waals surface area contributed by atoms with Crippen molar-refractivity contribution in [1.29, 1.82) is 0 Å². The van der Waals surface area contributed by atoms with Gasteiger partial charge in [-0.05, 0) is 53.5 Å². The summed E-state index contributed by atoms with van der Waals surface area (Å²) in [7, 11) is 0. The molecule has 4 heterocycles. The van der Waals surface area contributed by atoms with Gasteiger partial charge in [-0.1, -0.05) is 88.0 Å². The van der Waals surface area contributed by atoms with Crippen molar-refractivity contribution >= 4 is 33.1 Å². The van der Waals surface area contributed by atoms with Gasteiger partial charge in [-0.15, -0.1) is 54.1 Å². The molecule has 8 aromatic rings. The van der Waals surface area contributed by atoms with Crippen LogP contribution in [0, 0.1) is 12.1 Å². The Morgan fingerprint density at radius 1 is 0.792 bits per heavy atom. The Bertz CT molecular complexity index is 2320. The third kappa shape index (κ3) is 6.47. The summed E-state index contributed by atoms with van der Waals surface area (Å²) in [5.74, 6) is 0.0280. The largest absolute Gasteiger partial charge is 0.501 e. The maximum absolute atomic E-state index is 8.44. The van der Waals surface area contributed by atoms with Crippen LogP contribution >= 0.6 is 0 Å². The summed E-state index contributed by atoms with van der Waals surface area (Å²) in [6.07, 6.45) is 1.79. The quantitative estimate of drug-likeness (QED) is 0.166. The predicted octanol–water partition coefficient (Wildman–Crippen LogP) is 10.8. The van der Waals surface area contributed by atoms with Crippen LogP contribution in [0.4, 0.5) is 0 Å². The van der Waals surface area contributed by atoms with Crippen molar-refractivity contribution in [2.75, 3.05) is 0 Å². The van der Waals surface area contributed by atoms with Gasteiger partial charge in [0.2, 0.25) is 0 Å². The maximum Gasteiger partial charge on any atom is 0.168 e. The molecule has 4 aromatic heterocycles. The van der Waals surface area contributed by atoms with Gasteiger partial charge < -0.3 is 14.0 Å². The molecular weight excluding hydrogens is 769 g/mol. The molecule has 0 unspecified atom stereocenters. The number of fused-ring (bicyclic) bond motifs is 4. The Morgan fingerprint density at radius 2 is 1.58 bits per heavy atom. The molecule has 0 aliphatic rings. The first-order valence-electron chi connectivity index (χ1n) is 16.3. The van der Waals surface area contributed by atoms with Gasteiger partial charge in [0.05, 0.1) is 16.9 Å². The van der Waals surface area contributed by atoms with E-state index in [-0.39, 0.29) is 25.5 Å². The van der Waals surface area contributed by atoms with Gasteiger partial charge in [0.25, 0.3) is 0 Å². The Hall–Kier alpha value is -4.90. The fourth-order valence-electron chi connectivity index (χ4n) is 5.68. The van der Waals surface area contributed by atoms with Crippen LogP contribution in [-0.2, 0) is 25.5 Å². The van der Waals surface area contributed by atoms with Gasteiger partial charge >= 0.3 is 0 Å². The van der Waals surface area contributed by atoms with Gasteiger partial charge in [-0.3, -0.25) is 4.98 Å². The smallest absolute Gasteiger partial charge is 0.168 e. The minimum Gasteiger partial charge on any atom is -0.501 e. The molecule has 0 saturated carbocycles. The average Bonchev–Trinajstić information content (AvgIpc) is 3.67. The predicted molar refractivity (Wildman–Crippen MR) is 192 cm³/mol. The zero-order chi connectivity index (χ0) is 33.5. The second kappa shape index (κ2) is 13.7. The normalized spacial score (nSPS) is 12.0. The number of rotatable bonds is 4. The second-order valence-electron chi connectivity index (χ2n) is 12.8. The molecule has 0 atom stereocenters. The van der Waals surface area contributed by atoms with Crippen LogP contribution in [-0.4, -0.2) is 19.5 Å². The third-order valence-electron chi connectivity index (χ3n) is 8.19. The molecule has 5 nitrogen and oxygen atoms in total. The minimum atomic E-state index is -0.708. The topological polar surface area (TPSA) is 56.7 Å². The van der Waals surface area contributed by atoms with Gasteiger partial charge in [0.1, 0.15) is 5.58 Å². The van der Waals surface area contributed by atoms with Crippen molar-refractivity contribution in [3.05, 3.63) is 145 Å². The summed E-state index contributed by atoms with van der Waals surface area (Å²) < 4.78 is 17.0. The number of para-hydroxylation sites is 1. The standard InChI is InChI=1S/C31H28N3O.C11H8N.Ir/c1-19(2)20-14-15-22-23-12-9-13-24(28(23)35-26(22)18-20)30-33-29-25(16-17-27(32-29)31(3,4)5)34(30)21-10-7-6-8-11-21;1-2-6-10(7-3-1)11-8-4-5-9-12-11;/h6-12,14-19H,1-5H3;1-6,8-9H;/q2*-1;/i19D;;.